The van der Waals surface area contributed by atoms with Gasteiger partial charge < -0.3 is 5.11 Å². The predicted octanol–water partition coefficient (Wildman–Crippen LogP) is 2.36. The molecule has 0 unspecified atom stereocenters. The summed E-state index contributed by atoms with van der Waals surface area (Å²) in [4.78, 5) is 30.5. The summed E-state index contributed by atoms with van der Waals surface area (Å²) in [5.41, 5.74) is 1.55. The summed E-state index contributed by atoms with van der Waals surface area (Å²) < 4.78 is 3.62. The van der Waals surface area contributed by atoms with E-state index in [0.29, 0.717) is 22.3 Å². The van der Waals surface area contributed by atoms with Crippen molar-refractivity contribution in [1.29, 1.82) is 5.26 Å². The van der Waals surface area contributed by atoms with Crippen LogP contribution in [0.4, 0.5) is 0 Å². The van der Waals surface area contributed by atoms with Crippen LogP contribution in [0, 0.1) is 21.8 Å². The minimum absolute atomic E-state index is 0.0728. The maximum atomic E-state index is 13.4. The molecule has 0 aliphatic carbocycles. The van der Waals surface area contributed by atoms with E-state index in [9.17, 15) is 20.0 Å². The summed E-state index contributed by atoms with van der Waals surface area (Å²) in [6, 6.07) is 16.4. The molecule has 0 radical (unpaired) electrons. The van der Waals surface area contributed by atoms with Crippen molar-refractivity contribution in [2.75, 3.05) is 0 Å². The number of H-pyrrole nitrogens is 1. The summed E-state index contributed by atoms with van der Waals surface area (Å²) in [7, 11) is 0. The van der Waals surface area contributed by atoms with E-state index in [0.717, 1.165) is 3.57 Å². The van der Waals surface area contributed by atoms with Crippen molar-refractivity contribution in [2.45, 2.75) is 6.92 Å². The number of halogens is 1. The van der Waals surface area contributed by atoms with E-state index in [2.05, 4.69) is 38.7 Å². The topological polar surface area (TPSA) is 116 Å². The molecule has 3 aromatic heterocycles. The minimum Gasteiger partial charge on any atom is -0.493 e. The van der Waals surface area contributed by atoms with Gasteiger partial charge in [0.15, 0.2) is 5.65 Å². The minimum atomic E-state index is -0.561. The number of nitrogens with one attached hydrogen (secondary N) is 1. The molecule has 5 rings (SSSR count). The van der Waals surface area contributed by atoms with Crippen LogP contribution in [-0.2, 0) is 0 Å². The zero-order valence-corrected chi connectivity index (χ0v) is 18.8. The van der Waals surface area contributed by atoms with Gasteiger partial charge in [-0.25, -0.2) is 9.67 Å². The lowest BCUT2D eigenvalue weighted by atomic mass is 10.1. The van der Waals surface area contributed by atoms with Gasteiger partial charge in [-0.15, -0.1) is 0 Å². The first-order valence-electron chi connectivity index (χ1n) is 9.56. The summed E-state index contributed by atoms with van der Waals surface area (Å²) in [6.07, 6.45) is 1.32. The summed E-state index contributed by atoms with van der Waals surface area (Å²) in [5.74, 6) is -0.330. The fourth-order valence-electron chi connectivity index (χ4n) is 3.77. The molecule has 0 amide bonds. The Kier molecular flexibility index (Phi) is 4.60. The molecule has 0 bridgehead atoms. The monoisotopic (exact) mass is 535 g/mol. The highest BCUT2D eigenvalue weighted by Crippen LogP contribution is 2.21. The van der Waals surface area contributed by atoms with Gasteiger partial charge in [0.05, 0.1) is 22.3 Å². The van der Waals surface area contributed by atoms with E-state index in [1.54, 1.807) is 43.3 Å². The molecule has 0 spiro atoms. The molecule has 2 aromatic carbocycles. The number of fused-ring (bicyclic) bond motifs is 3. The third kappa shape index (κ3) is 2.91. The number of aromatic amines is 1. The lowest BCUT2D eigenvalue weighted by Gasteiger charge is -2.04. The van der Waals surface area contributed by atoms with Gasteiger partial charge >= 0.3 is 0 Å². The number of hydrogen-bond acceptors (Lipinski definition) is 5. The number of nitrogens with zero attached hydrogens (tertiary/aromatic N) is 4. The average molecular weight is 535 g/mol. The average Bonchev–Trinajstić information content (AvgIpc) is 3.30. The molecule has 0 saturated heterocycles. The third-order valence-corrected chi connectivity index (χ3v) is 6.11. The summed E-state index contributed by atoms with van der Waals surface area (Å²) >= 11 is 2.16. The largest absolute Gasteiger partial charge is 0.493 e. The van der Waals surface area contributed by atoms with Crippen molar-refractivity contribution in [3.05, 3.63) is 94.7 Å². The van der Waals surface area contributed by atoms with Crippen LogP contribution in [0.25, 0.3) is 28.4 Å². The summed E-state index contributed by atoms with van der Waals surface area (Å²) in [5, 5.41) is 23.3. The Labute approximate surface area is 193 Å². The fourth-order valence-corrected chi connectivity index (χ4v) is 4.13. The van der Waals surface area contributed by atoms with Gasteiger partial charge in [-0.1, -0.05) is 12.1 Å². The Morgan fingerprint density at radius 2 is 1.88 bits per heavy atom. The Morgan fingerprint density at radius 1 is 1.16 bits per heavy atom. The van der Waals surface area contributed by atoms with Gasteiger partial charge in [0.2, 0.25) is 5.88 Å². The maximum Gasteiger partial charge on any atom is 0.275 e. The molecular formula is C23H14IN5O3. The normalized spacial score (nSPS) is 12.0. The van der Waals surface area contributed by atoms with Crippen LogP contribution in [0.2, 0.25) is 0 Å². The first kappa shape index (κ1) is 20.0. The van der Waals surface area contributed by atoms with Crippen molar-refractivity contribution < 1.29 is 5.11 Å². The van der Waals surface area contributed by atoms with Gasteiger partial charge in [0.25, 0.3) is 11.1 Å². The van der Waals surface area contributed by atoms with Crippen LogP contribution in [0.1, 0.15) is 16.7 Å². The number of pyridine rings is 1. The highest BCUT2D eigenvalue weighted by molar-refractivity contribution is 14.1. The van der Waals surface area contributed by atoms with Crippen LogP contribution in [-0.4, -0.2) is 24.3 Å². The zero-order chi connectivity index (χ0) is 22.6. The van der Waals surface area contributed by atoms with Crippen molar-refractivity contribution in [3.63, 3.8) is 0 Å². The number of para-hydroxylation sites is 2. The second-order valence-electron chi connectivity index (χ2n) is 7.22. The predicted molar refractivity (Wildman–Crippen MR) is 128 cm³/mol. The number of imidazole rings is 1. The fraction of sp³-hybridized carbons (Fsp3) is 0.0435. The Bertz CT molecular complexity index is 1760. The van der Waals surface area contributed by atoms with E-state index in [1.165, 1.54) is 15.2 Å². The molecule has 0 atom stereocenters. The Hall–Kier alpha value is -3.91. The molecule has 0 fully saturated rings. The standard InChI is InChI=1S/C23H14IN5O3/c1-12-15(10-16-21(30)27-29(23(16)32)14-8-6-13(24)7-9-14)22(31)28-19-5-3-2-4-18(19)26-20(28)17(12)11-25/h2-10,32H,1H3,(H,27,30)/b15-10+. The molecule has 32 heavy (non-hydrogen) atoms. The number of nitriles is 1. The SMILES string of the molecule is Cc1c(C#N)c2nc3ccccc3n2c(=O)/c1=C/c1c(O)n(-c2ccc(I)cc2)[nH]c1=O. The maximum absolute atomic E-state index is 13.4. The number of benzene rings is 2. The molecule has 2 N–H and O–H groups in total. The van der Waals surface area contributed by atoms with E-state index in [1.807, 2.05) is 12.1 Å². The number of rotatable bonds is 2. The first-order chi connectivity index (χ1) is 15.4. The van der Waals surface area contributed by atoms with E-state index in [-0.39, 0.29) is 27.9 Å². The third-order valence-electron chi connectivity index (χ3n) is 5.39. The van der Waals surface area contributed by atoms with Gasteiger partial charge in [-0.2, -0.15) is 5.26 Å². The molecule has 156 valence electrons. The van der Waals surface area contributed by atoms with Gasteiger partial charge in [-0.3, -0.25) is 19.1 Å². The quantitative estimate of drug-likeness (QED) is 0.337. The van der Waals surface area contributed by atoms with E-state index in [4.69, 9.17) is 0 Å². The molecule has 9 heteroatoms. The Morgan fingerprint density at radius 3 is 2.59 bits per heavy atom. The molecule has 3 heterocycles. The lowest BCUT2D eigenvalue weighted by Crippen LogP contribution is -2.34. The smallest absolute Gasteiger partial charge is 0.275 e. The molecule has 8 nitrogen and oxygen atoms in total. The molecule has 0 aliphatic heterocycles. The van der Waals surface area contributed by atoms with Crippen LogP contribution < -0.4 is 16.3 Å². The number of hydrogen-bond donors (Lipinski definition) is 2. The highest BCUT2D eigenvalue weighted by Gasteiger charge is 2.18. The molecule has 0 aliphatic rings. The van der Waals surface area contributed by atoms with E-state index < -0.39 is 11.1 Å². The van der Waals surface area contributed by atoms with Crippen LogP contribution in [0.15, 0.2) is 58.1 Å². The molecular weight excluding hydrogens is 521 g/mol. The van der Waals surface area contributed by atoms with Crippen molar-refractivity contribution >= 4 is 45.3 Å². The summed E-state index contributed by atoms with van der Waals surface area (Å²) in [6.45, 7) is 1.63. The van der Waals surface area contributed by atoms with Crippen molar-refractivity contribution in [3.8, 4) is 17.6 Å². The number of aromatic nitrogens is 4. The zero-order valence-electron chi connectivity index (χ0n) is 16.6. The number of aromatic hydroxyl groups is 1. The molecule has 5 aromatic rings. The highest BCUT2D eigenvalue weighted by atomic mass is 127. The van der Waals surface area contributed by atoms with Gasteiger partial charge in [-0.05, 0) is 77.6 Å². The first-order valence-corrected chi connectivity index (χ1v) is 10.6. The van der Waals surface area contributed by atoms with Gasteiger partial charge in [0.1, 0.15) is 11.6 Å². The van der Waals surface area contributed by atoms with E-state index >= 15 is 0 Å². The Balaban J connectivity index is 1.85. The van der Waals surface area contributed by atoms with Gasteiger partial charge in [0, 0.05) is 8.79 Å². The van der Waals surface area contributed by atoms with Crippen LogP contribution in [0.5, 0.6) is 5.88 Å². The second kappa shape index (κ2) is 7.35. The second-order valence-corrected chi connectivity index (χ2v) is 8.47. The van der Waals surface area contributed by atoms with Crippen LogP contribution >= 0.6 is 22.6 Å². The lowest BCUT2D eigenvalue weighted by molar-refractivity contribution is 0.432. The van der Waals surface area contributed by atoms with Crippen molar-refractivity contribution in [1.82, 2.24) is 19.2 Å². The molecule has 0 saturated carbocycles. The van der Waals surface area contributed by atoms with Crippen molar-refractivity contribution in [2.24, 2.45) is 0 Å². The van der Waals surface area contributed by atoms with Crippen LogP contribution in [0.3, 0.4) is 0 Å².